The summed E-state index contributed by atoms with van der Waals surface area (Å²) in [6, 6.07) is 0. The lowest BCUT2D eigenvalue weighted by Crippen LogP contribution is -2.32. The largest absolute Gasteiger partial charge is 0.338 e. The van der Waals surface area contributed by atoms with Crippen molar-refractivity contribution in [2.45, 2.75) is 46.0 Å². The second kappa shape index (κ2) is 5.93. The van der Waals surface area contributed by atoms with Crippen LogP contribution in [0.25, 0.3) is 0 Å². The Balaban J connectivity index is 1.75. The minimum atomic E-state index is 0.00936. The zero-order chi connectivity index (χ0) is 15.9. The van der Waals surface area contributed by atoms with E-state index in [1.54, 1.807) is 11.3 Å². The number of nitrogens with one attached hydrogen (secondary N) is 1. The van der Waals surface area contributed by atoms with E-state index < -0.39 is 0 Å². The van der Waals surface area contributed by atoms with Gasteiger partial charge in [-0.2, -0.15) is 0 Å². The molecule has 0 bridgehead atoms. The van der Waals surface area contributed by atoms with Crippen LogP contribution < -0.4 is 5.32 Å². The summed E-state index contributed by atoms with van der Waals surface area (Å²) in [5.74, 6) is 1.70. The summed E-state index contributed by atoms with van der Waals surface area (Å²) in [7, 11) is 0. The Bertz CT molecular complexity index is 547. The lowest BCUT2D eigenvalue weighted by Gasteiger charge is -2.20. The molecule has 122 valence electrons. The Morgan fingerprint density at radius 2 is 1.82 bits per heavy atom. The monoisotopic (exact) mass is 321 g/mol. The highest BCUT2D eigenvalue weighted by Crippen LogP contribution is 2.32. The van der Waals surface area contributed by atoms with Crippen LogP contribution in [0.4, 0.5) is 0 Å². The molecule has 3 heterocycles. The molecule has 4 nitrogen and oxygen atoms in total. The molecule has 2 saturated heterocycles. The van der Waals surface area contributed by atoms with Crippen molar-refractivity contribution in [1.29, 1.82) is 0 Å². The first-order chi connectivity index (χ1) is 10.4. The molecule has 2 fully saturated rings. The Morgan fingerprint density at radius 3 is 2.32 bits per heavy atom. The summed E-state index contributed by atoms with van der Waals surface area (Å²) >= 11 is 1.58. The van der Waals surface area contributed by atoms with Gasteiger partial charge in [0.25, 0.3) is 5.91 Å². The number of fused-ring (bicyclic) bond motifs is 1. The maximum absolute atomic E-state index is 12.9. The molecule has 1 N–H and O–H groups in total. The van der Waals surface area contributed by atoms with Crippen molar-refractivity contribution in [1.82, 2.24) is 15.2 Å². The highest BCUT2D eigenvalue weighted by Gasteiger charge is 2.33. The zero-order valence-electron chi connectivity index (χ0n) is 14.1. The number of hydrogen-bond acceptors (Lipinski definition) is 4. The zero-order valence-corrected chi connectivity index (χ0v) is 14.9. The normalized spacial score (nSPS) is 25.9. The highest BCUT2D eigenvalue weighted by molar-refractivity contribution is 7.14. The van der Waals surface area contributed by atoms with Gasteiger partial charge in [0, 0.05) is 18.5 Å². The number of nitrogens with zero attached hydrogens (tertiary/aromatic N) is 2. The fourth-order valence-electron chi connectivity index (χ4n) is 3.48. The molecule has 1 aromatic rings. The number of rotatable bonds is 1. The van der Waals surface area contributed by atoms with Crippen LogP contribution in [0.1, 0.15) is 54.0 Å². The Morgan fingerprint density at radius 1 is 1.23 bits per heavy atom. The van der Waals surface area contributed by atoms with Gasteiger partial charge in [0.1, 0.15) is 4.88 Å². The van der Waals surface area contributed by atoms with Gasteiger partial charge < -0.3 is 10.2 Å². The lowest BCUT2D eigenvalue weighted by atomic mass is 9.92. The maximum atomic E-state index is 12.9. The van der Waals surface area contributed by atoms with Crippen molar-refractivity contribution >= 4 is 17.2 Å². The van der Waals surface area contributed by atoms with Crippen LogP contribution in [0.15, 0.2) is 0 Å². The molecule has 0 saturated carbocycles. The predicted octanol–water partition coefficient (Wildman–Crippen LogP) is 2.82. The summed E-state index contributed by atoms with van der Waals surface area (Å²) in [6.07, 6.45) is 2.26. The van der Waals surface area contributed by atoms with Gasteiger partial charge in [-0.05, 0) is 44.7 Å². The fraction of sp³-hybridized carbons (Fsp3) is 0.765. The van der Waals surface area contributed by atoms with E-state index in [0.29, 0.717) is 0 Å². The van der Waals surface area contributed by atoms with Gasteiger partial charge in [-0.3, -0.25) is 4.79 Å². The maximum Gasteiger partial charge on any atom is 0.265 e. The Labute approximate surface area is 137 Å². The molecule has 2 aliphatic rings. The lowest BCUT2D eigenvalue weighted by molar-refractivity contribution is 0.0762. The third-order valence-electron chi connectivity index (χ3n) is 4.94. The standard InChI is InChI=1S/C17H27N3OS/c1-11-14(22-16(19-11)17(2,3)4)15(21)20-7-5-12-9-18-10-13(12)6-8-20/h12-13,18H,5-10H2,1-4H3/t12-,13+. The van der Waals surface area contributed by atoms with Crippen molar-refractivity contribution in [3.63, 3.8) is 0 Å². The molecule has 5 heteroatoms. The molecule has 3 rings (SSSR count). The van der Waals surface area contributed by atoms with Gasteiger partial charge in [-0.25, -0.2) is 4.98 Å². The van der Waals surface area contributed by atoms with Crippen molar-refractivity contribution in [2.75, 3.05) is 26.2 Å². The second-order valence-corrected chi connectivity index (χ2v) is 8.73. The van der Waals surface area contributed by atoms with Crippen molar-refractivity contribution in [2.24, 2.45) is 11.8 Å². The number of aryl methyl sites for hydroxylation is 1. The van der Waals surface area contributed by atoms with E-state index in [0.717, 1.165) is 66.4 Å². The van der Waals surface area contributed by atoms with Gasteiger partial charge in [0.2, 0.25) is 0 Å². The Hall–Kier alpha value is -0.940. The summed E-state index contributed by atoms with van der Waals surface area (Å²) in [6.45, 7) is 12.5. The fourth-order valence-corrected chi connectivity index (χ4v) is 4.57. The molecule has 0 spiro atoms. The number of aromatic nitrogens is 1. The molecule has 0 radical (unpaired) electrons. The predicted molar refractivity (Wildman–Crippen MR) is 90.5 cm³/mol. The number of likely N-dealkylation sites (tertiary alicyclic amines) is 1. The highest BCUT2D eigenvalue weighted by atomic mass is 32.1. The van der Waals surface area contributed by atoms with Gasteiger partial charge in [-0.15, -0.1) is 11.3 Å². The number of hydrogen-bond donors (Lipinski definition) is 1. The molecular weight excluding hydrogens is 294 g/mol. The first kappa shape index (κ1) is 15.9. The van der Waals surface area contributed by atoms with E-state index in [1.807, 2.05) is 6.92 Å². The first-order valence-corrected chi connectivity index (χ1v) is 9.16. The SMILES string of the molecule is Cc1nc(C(C)(C)C)sc1C(=O)N1CC[C@@H]2CNC[C@@H]2CC1. The first-order valence-electron chi connectivity index (χ1n) is 8.34. The van der Waals surface area contributed by atoms with E-state index >= 15 is 0 Å². The van der Waals surface area contributed by atoms with Gasteiger partial charge in [0.15, 0.2) is 0 Å². The van der Waals surface area contributed by atoms with Gasteiger partial charge in [-0.1, -0.05) is 20.8 Å². The van der Waals surface area contributed by atoms with Crippen molar-refractivity contribution in [3.8, 4) is 0 Å². The minimum absolute atomic E-state index is 0.00936. The summed E-state index contributed by atoms with van der Waals surface area (Å²) in [4.78, 5) is 20.5. The van der Waals surface area contributed by atoms with Crippen LogP contribution in [0.3, 0.4) is 0 Å². The number of carbonyl (C=O) groups excluding carboxylic acids is 1. The summed E-state index contributed by atoms with van der Waals surface area (Å²) in [5.41, 5.74) is 0.904. The summed E-state index contributed by atoms with van der Waals surface area (Å²) < 4.78 is 0. The van der Waals surface area contributed by atoms with Crippen LogP contribution in [0.5, 0.6) is 0 Å². The van der Waals surface area contributed by atoms with Gasteiger partial charge in [0.05, 0.1) is 10.7 Å². The number of thiazole rings is 1. The molecule has 0 aliphatic carbocycles. The molecule has 1 aromatic heterocycles. The van der Waals surface area contributed by atoms with E-state index in [4.69, 9.17) is 0 Å². The third-order valence-corrected chi connectivity index (χ3v) is 6.51. The van der Waals surface area contributed by atoms with Crippen molar-refractivity contribution in [3.05, 3.63) is 15.6 Å². The topological polar surface area (TPSA) is 45.2 Å². The Kier molecular flexibility index (Phi) is 4.29. The van der Waals surface area contributed by atoms with E-state index in [2.05, 4.69) is 36.0 Å². The molecule has 1 amide bonds. The van der Waals surface area contributed by atoms with E-state index in [1.165, 1.54) is 0 Å². The van der Waals surface area contributed by atoms with Crippen LogP contribution in [0, 0.1) is 18.8 Å². The minimum Gasteiger partial charge on any atom is -0.338 e. The molecule has 22 heavy (non-hydrogen) atoms. The van der Waals surface area contributed by atoms with Crippen LogP contribution in [0.2, 0.25) is 0 Å². The van der Waals surface area contributed by atoms with Crippen LogP contribution in [-0.2, 0) is 5.41 Å². The third kappa shape index (κ3) is 3.06. The molecule has 2 aliphatic heterocycles. The smallest absolute Gasteiger partial charge is 0.265 e. The molecule has 0 aromatic carbocycles. The van der Waals surface area contributed by atoms with E-state index in [9.17, 15) is 4.79 Å². The average molecular weight is 321 g/mol. The quantitative estimate of drug-likeness (QED) is 0.865. The molecule has 0 unspecified atom stereocenters. The summed E-state index contributed by atoms with van der Waals surface area (Å²) in [5, 5.41) is 4.54. The van der Waals surface area contributed by atoms with Crippen LogP contribution in [-0.4, -0.2) is 42.0 Å². The van der Waals surface area contributed by atoms with Crippen LogP contribution >= 0.6 is 11.3 Å². The van der Waals surface area contributed by atoms with E-state index in [-0.39, 0.29) is 11.3 Å². The second-order valence-electron chi connectivity index (χ2n) is 7.73. The molecular formula is C17H27N3OS. The number of carbonyl (C=O) groups is 1. The van der Waals surface area contributed by atoms with Crippen molar-refractivity contribution < 1.29 is 4.79 Å². The molecule has 2 atom stereocenters. The van der Waals surface area contributed by atoms with Gasteiger partial charge >= 0.3 is 0 Å². The number of amides is 1. The average Bonchev–Trinajstić information content (AvgIpc) is 3.00.